The van der Waals surface area contributed by atoms with Gasteiger partial charge in [0.2, 0.25) is 11.8 Å². The van der Waals surface area contributed by atoms with E-state index in [-0.39, 0.29) is 23.8 Å². The van der Waals surface area contributed by atoms with Gasteiger partial charge in [-0.2, -0.15) is 0 Å². The van der Waals surface area contributed by atoms with E-state index in [4.69, 9.17) is 21.1 Å². The SMILES string of the molecule is COc1ccc(OC)c(NC(=O)[C@@H]2C[C@H](C(C)C)N[C@@]23C(=O)Nc2c(Cl)cccc23)c1. The summed E-state index contributed by atoms with van der Waals surface area (Å²) in [6, 6.07) is 10.5. The first-order valence-corrected chi connectivity index (χ1v) is 10.6. The molecule has 2 heterocycles. The highest BCUT2D eigenvalue weighted by atomic mass is 35.5. The van der Waals surface area contributed by atoms with E-state index in [2.05, 4.69) is 29.8 Å². The topological polar surface area (TPSA) is 88.7 Å². The fourth-order valence-corrected chi connectivity index (χ4v) is 4.78. The zero-order valence-corrected chi connectivity index (χ0v) is 18.7. The second-order valence-electron chi connectivity index (χ2n) is 8.26. The minimum absolute atomic E-state index is 0.0152. The number of methoxy groups -OCH3 is 2. The number of carbonyl (C=O) groups excluding carboxylic acids is 2. The molecule has 0 aliphatic carbocycles. The molecule has 4 rings (SSSR count). The Morgan fingerprint density at radius 1 is 1.23 bits per heavy atom. The summed E-state index contributed by atoms with van der Waals surface area (Å²) in [5, 5.41) is 9.78. The molecule has 164 valence electrons. The van der Waals surface area contributed by atoms with E-state index >= 15 is 0 Å². The van der Waals surface area contributed by atoms with Crippen LogP contribution in [0.5, 0.6) is 11.5 Å². The van der Waals surface area contributed by atoms with Gasteiger partial charge in [-0.25, -0.2) is 0 Å². The number of ether oxygens (including phenoxy) is 2. The third-order valence-electron chi connectivity index (χ3n) is 6.25. The Morgan fingerprint density at radius 2 is 2.00 bits per heavy atom. The van der Waals surface area contributed by atoms with Crippen molar-refractivity contribution in [3.8, 4) is 11.5 Å². The van der Waals surface area contributed by atoms with Gasteiger partial charge in [-0.1, -0.05) is 37.6 Å². The Labute approximate surface area is 186 Å². The quantitative estimate of drug-likeness (QED) is 0.654. The molecule has 2 aromatic carbocycles. The Kier molecular flexibility index (Phi) is 5.58. The normalized spacial score (nSPS) is 24.3. The molecule has 31 heavy (non-hydrogen) atoms. The van der Waals surface area contributed by atoms with E-state index in [1.54, 1.807) is 37.4 Å². The first-order chi connectivity index (χ1) is 14.8. The zero-order chi connectivity index (χ0) is 22.3. The fraction of sp³-hybridized carbons (Fsp3) is 0.391. The summed E-state index contributed by atoms with van der Waals surface area (Å²) in [5.74, 6) is 0.148. The lowest BCUT2D eigenvalue weighted by Gasteiger charge is -2.29. The Bertz CT molecular complexity index is 1040. The van der Waals surface area contributed by atoms with Crippen LogP contribution in [0.3, 0.4) is 0 Å². The number of rotatable bonds is 5. The van der Waals surface area contributed by atoms with Gasteiger partial charge in [0.1, 0.15) is 17.0 Å². The first-order valence-electron chi connectivity index (χ1n) is 10.2. The molecule has 0 bridgehead atoms. The summed E-state index contributed by atoms with van der Waals surface area (Å²) < 4.78 is 10.7. The highest BCUT2D eigenvalue weighted by molar-refractivity contribution is 6.35. The summed E-state index contributed by atoms with van der Waals surface area (Å²) in [5.41, 5.74) is 0.555. The summed E-state index contributed by atoms with van der Waals surface area (Å²) in [7, 11) is 3.09. The van der Waals surface area contributed by atoms with Crippen molar-refractivity contribution in [1.82, 2.24) is 5.32 Å². The van der Waals surface area contributed by atoms with Crippen LogP contribution in [0.15, 0.2) is 36.4 Å². The van der Waals surface area contributed by atoms with Crippen LogP contribution >= 0.6 is 11.6 Å². The molecule has 1 spiro atoms. The van der Waals surface area contributed by atoms with Crippen molar-refractivity contribution in [2.24, 2.45) is 11.8 Å². The van der Waals surface area contributed by atoms with E-state index in [9.17, 15) is 9.59 Å². The minimum Gasteiger partial charge on any atom is -0.497 e. The smallest absolute Gasteiger partial charge is 0.250 e. The predicted octanol–water partition coefficient (Wildman–Crippen LogP) is 3.78. The van der Waals surface area contributed by atoms with Gasteiger partial charge in [0.15, 0.2) is 0 Å². The van der Waals surface area contributed by atoms with E-state index in [1.165, 1.54) is 7.11 Å². The number of para-hydroxylation sites is 1. The van der Waals surface area contributed by atoms with Crippen molar-refractivity contribution in [2.45, 2.75) is 31.8 Å². The second kappa shape index (κ2) is 8.05. The van der Waals surface area contributed by atoms with Gasteiger partial charge >= 0.3 is 0 Å². The fourth-order valence-electron chi connectivity index (χ4n) is 4.56. The summed E-state index contributed by atoms with van der Waals surface area (Å²) in [4.78, 5) is 26.9. The third-order valence-corrected chi connectivity index (χ3v) is 6.56. The van der Waals surface area contributed by atoms with Gasteiger partial charge < -0.3 is 20.1 Å². The highest BCUT2D eigenvalue weighted by Gasteiger charge is 2.60. The maximum atomic E-state index is 13.6. The van der Waals surface area contributed by atoms with Gasteiger partial charge in [0.05, 0.1) is 36.5 Å². The molecule has 1 fully saturated rings. The van der Waals surface area contributed by atoms with Crippen LogP contribution in [0, 0.1) is 11.8 Å². The average molecular weight is 444 g/mol. The van der Waals surface area contributed by atoms with Crippen LogP contribution in [-0.2, 0) is 15.1 Å². The van der Waals surface area contributed by atoms with Gasteiger partial charge in [0, 0.05) is 17.7 Å². The maximum Gasteiger partial charge on any atom is 0.250 e. The molecule has 2 amide bonds. The van der Waals surface area contributed by atoms with Crippen LogP contribution in [0.1, 0.15) is 25.8 Å². The number of hydrogen-bond acceptors (Lipinski definition) is 5. The molecule has 0 radical (unpaired) electrons. The van der Waals surface area contributed by atoms with Gasteiger partial charge in [0.25, 0.3) is 0 Å². The largest absolute Gasteiger partial charge is 0.497 e. The number of fused-ring (bicyclic) bond motifs is 2. The van der Waals surface area contributed by atoms with E-state index in [0.29, 0.717) is 39.9 Å². The molecule has 2 aliphatic rings. The minimum atomic E-state index is -1.19. The lowest BCUT2D eigenvalue weighted by molar-refractivity contribution is -0.130. The summed E-state index contributed by atoms with van der Waals surface area (Å²) in [6.45, 7) is 4.14. The van der Waals surface area contributed by atoms with Gasteiger partial charge in [-0.3, -0.25) is 14.9 Å². The van der Waals surface area contributed by atoms with E-state index < -0.39 is 11.5 Å². The standard InChI is InChI=1S/C23H26ClN3O4/c1-12(2)17-11-15(21(28)25-18-10-13(30-3)8-9-19(18)31-4)23(27-17)14-6-5-7-16(24)20(14)26-22(23)29/h5-10,12,15,17,27H,11H2,1-4H3,(H,25,28)(H,26,29)/t15-,17+,23+/m0/s1. The van der Waals surface area contributed by atoms with Crippen molar-refractivity contribution < 1.29 is 19.1 Å². The van der Waals surface area contributed by atoms with Crippen LogP contribution in [0.25, 0.3) is 0 Å². The first kappa shape index (κ1) is 21.5. The third kappa shape index (κ3) is 3.42. The van der Waals surface area contributed by atoms with E-state index in [1.807, 2.05) is 6.07 Å². The molecule has 1 saturated heterocycles. The number of nitrogens with one attached hydrogen (secondary N) is 3. The molecule has 8 heteroatoms. The number of amides is 2. The lowest BCUT2D eigenvalue weighted by Crippen LogP contribution is -2.52. The monoisotopic (exact) mass is 443 g/mol. The molecule has 7 nitrogen and oxygen atoms in total. The predicted molar refractivity (Wildman–Crippen MR) is 120 cm³/mol. The van der Waals surface area contributed by atoms with Crippen molar-refractivity contribution in [2.75, 3.05) is 24.9 Å². The molecule has 2 aromatic rings. The maximum absolute atomic E-state index is 13.6. The molecule has 2 aliphatic heterocycles. The number of halogens is 1. The van der Waals surface area contributed by atoms with Crippen molar-refractivity contribution in [1.29, 1.82) is 0 Å². The average Bonchev–Trinajstić information content (AvgIpc) is 3.29. The van der Waals surface area contributed by atoms with E-state index in [0.717, 1.165) is 0 Å². The molecule has 3 atom stereocenters. The van der Waals surface area contributed by atoms with Crippen LogP contribution in [0.2, 0.25) is 5.02 Å². The number of carbonyl (C=O) groups is 2. The Morgan fingerprint density at radius 3 is 2.68 bits per heavy atom. The Balaban J connectivity index is 1.76. The van der Waals surface area contributed by atoms with Crippen LogP contribution < -0.4 is 25.4 Å². The molecular formula is C23H26ClN3O4. The van der Waals surface area contributed by atoms with Crippen molar-refractivity contribution in [3.05, 3.63) is 47.0 Å². The molecule has 3 N–H and O–H groups in total. The van der Waals surface area contributed by atoms with Crippen molar-refractivity contribution >= 4 is 34.8 Å². The molecular weight excluding hydrogens is 418 g/mol. The zero-order valence-electron chi connectivity index (χ0n) is 17.9. The molecule has 0 saturated carbocycles. The summed E-state index contributed by atoms with van der Waals surface area (Å²) >= 11 is 6.35. The van der Waals surface area contributed by atoms with Gasteiger partial charge in [-0.05, 0) is 30.5 Å². The second-order valence-corrected chi connectivity index (χ2v) is 8.67. The van der Waals surface area contributed by atoms with Crippen molar-refractivity contribution in [3.63, 3.8) is 0 Å². The van der Waals surface area contributed by atoms with Crippen LogP contribution in [-0.4, -0.2) is 32.1 Å². The number of hydrogen-bond donors (Lipinski definition) is 3. The molecule has 0 aromatic heterocycles. The summed E-state index contributed by atoms with van der Waals surface area (Å²) in [6.07, 6.45) is 0.509. The Hall–Kier alpha value is -2.77. The van der Waals surface area contributed by atoms with Crippen LogP contribution in [0.4, 0.5) is 11.4 Å². The highest BCUT2D eigenvalue weighted by Crippen LogP contribution is 2.50. The number of benzene rings is 2. The van der Waals surface area contributed by atoms with Gasteiger partial charge in [-0.15, -0.1) is 0 Å². The molecule has 0 unspecified atom stereocenters. The lowest BCUT2D eigenvalue weighted by atomic mass is 9.79. The number of anilines is 2.